The summed E-state index contributed by atoms with van der Waals surface area (Å²) in [5.74, 6) is 11.0. The van der Waals surface area contributed by atoms with Crippen LogP contribution in [0.15, 0.2) is 72.6 Å². The van der Waals surface area contributed by atoms with Crippen LogP contribution in [0.5, 0.6) is 0 Å². The van der Waals surface area contributed by atoms with Crippen molar-refractivity contribution in [3.63, 3.8) is 0 Å². The normalized spacial score (nSPS) is 15.2. The number of carbonyl (C=O) groups excluding carboxylic acids is 1. The molecule has 0 fully saturated rings. The first-order chi connectivity index (χ1) is 25.0. The summed E-state index contributed by atoms with van der Waals surface area (Å²) in [6, 6.07) is 24.5. The largest absolute Gasteiger partial charge is 0 e. The molecule has 0 saturated heterocycles. The summed E-state index contributed by atoms with van der Waals surface area (Å²) >= 11 is -1.95. The van der Waals surface area contributed by atoms with Gasteiger partial charge in [-0.15, -0.1) is 0 Å². The SMILES string of the molecule is CCC(CC)C(=O)/C=C(\O)C(CC)CC.Cc1c(-c2cc[c]3[c](c2)[Ge]([CH3])([CH3])[CH2][CH2][Ge]3([CH3])[CH3])sc2c(-c3[c-]c4ccccc4c(C(C)(C)C)c3)nccc12.[Ir]. The second-order valence-electron chi connectivity index (χ2n) is 17.5. The Morgan fingerprint density at radius 3 is 2.09 bits per heavy atom. The van der Waals surface area contributed by atoms with Gasteiger partial charge in [0, 0.05) is 38.0 Å². The van der Waals surface area contributed by atoms with Gasteiger partial charge in [0.1, 0.15) is 0 Å². The molecule has 54 heavy (non-hydrogen) atoms. The molecule has 0 saturated carbocycles. The molecule has 2 aromatic heterocycles. The van der Waals surface area contributed by atoms with Crippen LogP contribution in [0, 0.1) is 24.8 Å². The van der Waals surface area contributed by atoms with Crippen molar-refractivity contribution in [3.8, 4) is 21.7 Å². The van der Waals surface area contributed by atoms with Gasteiger partial charge in [0.05, 0.1) is 5.76 Å². The Hall–Kier alpha value is -2.02. The quantitative estimate of drug-likeness (QED) is 0.0693. The fourth-order valence-electron chi connectivity index (χ4n) is 8.10. The molecule has 6 rings (SSSR count). The van der Waals surface area contributed by atoms with Crippen molar-refractivity contribution in [1.29, 1.82) is 0 Å². The van der Waals surface area contributed by atoms with E-state index in [-0.39, 0.29) is 48.9 Å². The number of aromatic nitrogens is 1. The standard InChI is InChI=1S/C34H38Ge2NS.C13H24O2.Ir/c1-22-26-15-18-37-31(25-19-23-11-9-10-12-27(23)28(20-25)34(2,3)4)33(26)38-32(22)24-13-14-29-30(21-24)36(7,8)17-16-35(29,5)6;1-5-10(6-2)12(14)9-13(15)11(7-3)8-4;/h9-15,18,20-21H,16-17H2,1-8H3;9-11,14H,5-8H2,1-4H3;/q-1;;/b;12-9-;. The first kappa shape index (κ1) is 44.7. The van der Waals surface area contributed by atoms with E-state index in [9.17, 15) is 9.90 Å². The minimum atomic E-state index is -1.98. The van der Waals surface area contributed by atoms with E-state index in [4.69, 9.17) is 4.98 Å². The van der Waals surface area contributed by atoms with Crippen LogP contribution in [-0.2, 0) is 30.3 Å². The number of rotatable bonds is 9. The molecule has 0 bridgehead atoms. The molecule has 0 aliphatic carbocycles. The van der Waals surface area contributed by atoms with Crippen LogP contribution in [0.1, 0.15) is 85.3 Å². The number of hydrogen-bond acceptors (Lipinski definition) is 4. The van der Waals surface area contributed by atoms with Gasteiger partial charge in [-0.3, -0.25) is 4.79 Å². The molecule has 0 amide bonds. The van der Waals surface area contributed by atoms with Crippen molar-refractivity contribution >= 4 is 73.3 Å². The summed E-state index contributed by atoms with van der Waals surface area (Å²) < 4.78 is 4.85. The Morgan fingerprint density at radius 2 is 1.48 bits per heavy atom. The van der Waals surface area contributed by atoms with Gasteiger partial charge >= 0.3 is 233 Å². The van der Waals surface area contributed by atoms with Gasteiger partial charge in [-0.2, -0.15) is 0 Å². The molecular weight excluding hydrogens is 980 g/mol. The summed E-state index contributed by atoms with van der Waals surface area (Å²) in [7, 11) is 0. The monoisotopic (exact) mass is 1050 g/mol. The second-order valence-corrected chi connectivity index (χ2v) is 38.7. The van der Waals surface area contributed by atoms with Crippen molar-refractivity contribution < 1.29 is 30.0 Å². The average molecular weight is 1040 g/mol. The summed E-state index contributed by atoms with van der Waals surface area (Å²) in [4.78, 5) is 18.1. The van der Waals surface area contributed by atoms with Crippen molar-refractivity contribution in [2.24, 2.45) is 11.8 Å². The number of nitrogens with zero attached hydrogens (tertiary/aromatic N) is 1. The molecule has 1 aliphatic heterocycles. The Kier molecular flexibility index (Phi) is 14.9. The summed E-state index contributed by atoms with van der Waals surface area (Å²) in [6.45, 7) is 17.3. The molecule has 1 N–H and O–H groups in total. The maximum Gasteiger partial charge on any atom is 0 e. The van der Waals surface area contributed by atoms with Gasteiger partial charge in [-0.1, -0.05) is 33.8 Å². The summed E-state index contributed by atoms with van der Waals surface area (Å²) in [5.41, 5.74) is 6.34. The number of aliphatic hydroxyl groups is 1. The minimum Gasteiger partial charge on any atom is 0 e. The van der Waals surface area contributed by atoms with Crippen LogP contribution < -0.4 is 8.79 Å². The first-order valence-corrected chi connectivity index (χ1v) is 34.2. The first-order valence-electron chi connectivity index (χ1n) is 19.9. The number of allylic oxidation sites excluding steroid dienone is 2. The van der Waals surface area contributed by atoms with Gasteiger partial charge in [-0.25, -0.2) is 0 Å². The van der Waals surface area contributed by atoms with E-state index >= 15 is 0 Å². The third-order valence-corrected chi connectivity index (χ3v) is 30.7. The Morgan fingerprint density at radius 1 is 0.870 bits per heavy atom. The van der Waals surface area contributed by atoms with E-state index in [2.05, 4.69) is 111 Å². The van der Waals surface area contributed by atoms with Crippen LogP contribution >= 0.6 is 11.3 Å². The van der Waals surface area contributed by atoms with Crippen molar-refractivity contribution in [2.45, 2.75) is 120 Å². The molecule has 1 radical (unpaired) electrons. The number of thiophene rings is 1. The van der Waals surface area contributed by atoms with E-state index < -0.39 is 26.5 Å². The van der Waals surface area contributed by atoms with Gasteiger partial charge in [0.15, 0.2) is 5.78 Å². The number of pyridine rings is 1. The number of aryl methyl sites for hydroxylation is 1. The molecule has 1 aliphatic rings. The molecule has 0 unspecified atom stereocenters. The predicted molar refractivity (Wildman–Crippen MR) is 238 cm³/mol. The molecule has 3 aromatic carbocycles. The van der Waals surface area contributed by atoms with Crippen molar-refractivity contribution in [1.82, 2.24) is 4.98 Å². The molecule has 3 heterocycles. The Balaban J connectivity index is 0.000000347. The van der Waals surface area contributed by atoms with E-state index in [1.54, 1.807) is 8.79 Å². The third kappa shape index (κ3) is 9.39. The van der Waals surface area contributed by atoms with E-state index in [1.165, 1.54) is 59.0 Å². The summed E-state index contributed by atoms with van der Waals surface area (Å²) in [5, 5.41) is 16.5. The average Bonchev–Trinajstić information content (AvgIpc) is 3.46. The van der Waals surface area contributed by atoms with Crippen LogP contribution in [0.2, 0.25) is 33.5 Å². The molecule has 3 nitrogen and oxygen atoms in total. The topological polar surface area (TPSA) is 50.2 Å². The molecule has 5 aromatic rings. The smallest absolute Gasteiger partial charge is 0 e. The van der Waals surface area contributed by atoms with Gasteiger partial charge < -0.3 is 5.11 Å². The van der Waals surface area contributed by atoms with Gasteiger partial charge in [-0.05, 0) is 25.7 Å². The molecule has 7 heteroatoms. The number of carbonyl (C=O) groups is 1. The Labute approximate surface area is 348 Å². The van der Waals surface area contributed by atoms with Gasteiger partial charge in [0.2, 0.25) is 0 Å². The Bertz CT molecular complexity index is 2130. The van der Waals surface area contributed by atoms with E-state index in [0.29, 0.717) is 0 Å². The molecule has 291 valence electrons. The number of aliphatic hydroxyl groups excluding tert-OH is 1. The maximum absolute atomic E-state index is 11.7. The molecule has 0 atom stereocenters. The zero-order chi connectivity index (χ0) is 38.9. The van der Waals surface area contributed by atoms with Crippen LogP contribution in [-0.4, -0.2) is 42.4 Å². The van der Waals surface area contributed by atoms with E-state index in [1.807, 2.05) is 45.2 Å². The minimum absolute atomic E-state index is 0. The fraction of sp³-hybridized carbons (Fsp3) is 0.447. The zero-order valence-electron chi connectivity index (χ0n) is 34.8. The third-order valence-electron chi connectivity index (χ3n) is 11.9. The maximum atomic E-state index is 11.7. The fourth-order valence-corrected chi connectivity index (χ4v) is 39.8. The number of ketones is 1. The molecule has 0 spiro atoms. The predicted octanol–water partition coefficient (Wildman–Crippen LogP) is 12.9. The second kappa shape index (κ2) is 18.1. The van der Waals surface area contributed by atoms with Crippen molar-refractivity contribution in [2.75, 3.05) is 0 Å². The van der Waals surface area contributed by atoms with Gasteiger partial charge in [0.25, 0.3) is 0 Å². The zero-order valence-corrected chi connectivity index (χ0v) is 42.2. The summed E-state index contributed by atoms with van der Waals surface area (Å²) in [6.07, 6.45) is 6.89. The van der Waals surface area contributed by atoms with Crippen molar-refractivity contribution in [3.05, 3.63) is 89.8 Å². The van der Waals surface area contributed by atoms with E-state index in [0.717, 1.165) is 36.9 Å². The van der Waals surface area contributed by atoms with Crippen LogP contribution in [0.25, 0.3) is 42.6 Å². The number of hydrogen-bond donors (Lipinski definition) is 1. The van der Waals surface area contributed by atoms with Crippen LogP contribution in [0.4, 0.5) is 0 Å². The van der Waals surface area contributed by atoms with Crippen LogP contribution in [0.3, 0.4) is 0 Å². The number of fused-ring (bicyclic) bond motifs is 3. The number of benzene rings is 3. The molecular formula is C47H62Ge2IrNO2S-.